The third-order valence-corrected chi connectivity index (χ3v) is 4.48. The monoisotopic (exact) mass is 396 g/mol. The molecule has 1 aromatic heterocycles. The average Bonchev–Trinajstić information content (AvgIpc) is 2.59. The number of ether oxygens (including phenoxy) is 1. The quantitative estimate of drug-likeness (QED) is 0.664. The van der Waals surface area contributed by atoms with E-state index < -0.39 is 11.7 Å². The fraction of sp³-hybridized carbons (Fsp3) is 0.458. The number of nitrogens with zero attached hydrogens (tertiary/aromatic N) is 1. The van der Waals surface area contributed by atoms with Gasteiger partial charge in [0.2, 0.25) is 0 Å². The molecule has 2 rings (SSSR count). The van der Waals surface area contributed by atoms with Crippen LogP contribution in [-0.2, 0) is 17.7 Å². The lowest BCUT2D eigenvalue weighted by Crippen LogP contribution is -2.32. The van der Waals surface area contributed by atoms with Crippen molar-refractivity contribution in [1.82, 2.24) is 10.3 Å². The van der Waals surface area contributed by atoms with Crippen molar-refractivity contribution in [1.29, 1.82) is 0 Å². The molecule has 1 heterocycles. The number of carbonyl (C=O) groups is 2. The summed E-state index contributed by atoms with van der Waals surface area (Å²) in [7, 11) is 0. The molecular formula is C24H32N2O3. The van der Waals surface area contributed by atoms with Crippen LogP contribution in [0.25, 0.3) is 11.1 Å². The summed E-state index contributed by atoms with van der Waals surface area (Å²) in [6.07, 6.45) is 1.12. The molecule has 5 nitrogen and oxygen atoms in total. The van der Waals surface area contributed by atoms with E-state index >= 15 is 0 Å². The Labute approximate surface area is 173 Å². The first kappa shape index (κ1) is 22.6. The Hall–Kier alpha value is -2.69. The predicted molar refractivity (Wildman–Crippen MR) is 116 cm³/mol. The van der Waals surface area contributed by atoms with Crippen molar-refractivity contribution in [3.63, 3.8) is 0 Å². The van der Waals surface area contributed by atoms with Crippen LogP contribution in [0.3, 0.4) is 0 Å². The van der Waals surface area contributed by atoms with Crippen molar-refractivity contribution in [3.8, 4) is 11.1 Å². The number of amides is 1. The Morgan fingerprint density at radius 3 is 2.31 bits per heavy atom. The maximum absolute atomic E-state index is 12.3. The molecule has 1 aromatic carbocycles. The number of carbonyl (C=O) groups excluding carboxylic acids is 2. The van der Waals surface area contributed by atoms with Gasteiger partial charge in [-0.1, -0.05) is 43.7 Å². The number of pyridine rings is 1. The Morgan fingerprint density at radius 1 is 1.17 bits per heavy atom. The number of aromatic nitrogens is 1. The van der Waals surface area contributed by atoms with Gasteiger partial charge in [-0.2, -0.15) is 0 Å². The normalized spacial score (nSPS) is 11.4. The first-order valence-corrected chi connectivity index (χ1v) is 10.0. The molecule has 0 saturated heterocycles. The van der Waals surface area contributed by atoms with Crippen LogP contribution in [0.1, 0.15) is 67.5 Å². The van der Waals surface area contributed by atoms with Crippen molar-refractivity contribution in [3.05, 3.63) is 52.3 Å². The van der Waals surface area contributed by atoms with Crippen molar-refractivity contribution in [2.75, 3.05) is 0 Å². The van der Waals surface area contributed by atoms with Crippen molar-refractivity contribution < 1.29 is 14.3 Å². The fourth-order valence-corrected chi connectivity index (χ4v) is 3.23. The maximum atomic E-state index is 12.3. The van der Waals surface area contributed by atoms with E-state index in [2.05, 4.69) is 19.2 Å². The average molecular weight is 397 g/mol. The lowest BCUT2D eigenvalue weighted by Gasteiger charge is -2.22. The fourth-order valence-electron chi connectivity index (χ4n) is 3.23. The lowest BCUT2D eigenvalue weighted by atomic mass is 9.90. The minimum Gasteiger partial charge on any atom is -0.444 e. The standard InChI is InChI=1S/C24H32N2O3/c1-15(2)12-21-19(13-25-23(28)29-24(5,6)7)22(20(14-27)17(4)26-21)18-10-8-16(3)9-11-18/h8-11,14-15H,12-13H2,1-7H3,(H,25,28). The summed E-state index contributed by atoms with van der Waals surface area (Å²) >= 11 is 0. The molecule has 0 saturated carbocycles. The molecule has 0 fully saturated rings. The topological polar surface area (TPSA) is 68.3 Å². The molecule has 1 N–H and O–H groups in total. The van der Waals surface area contributed by atoms with Gasteiger partial charge < -0.3 is 10.1 Å². The second-order valence-electron chi connectivity index (χ2n) is 8.85. The van der Waals surface area contributed by atoms with Gasteiger partial charge in [-0.3, -0.25) is 9.78 Å². The predicted octanol–water partition coefficient (Wildman–Crippen LogP) is 5.40. The zero-order valence-corrected chi connectivity index (χ0v) is 18.6. The number of aldehydes is 1. The highest BCUT2D eigenvalue weighted by molar-refractivity contribution is 5.90. The minimum absolute atomic E-state index is 0.244. The summed E-state index contributed by atoms with van der Waals surface area (Å²) in [5.74, 6) is 0.384. The van der Waals surface area contributed by atoms with E-state index in [0.29, 0.717) is 17.2 Å². The van der Waals surface area contributed by atoms with Crippen LogP contribution in [0.4, 0.5) is 4.79 Å². The number of nitrogens with one attached hydrogen (secondary N) is 1. The van der Waals surface area contributed by atoms with Crippen LogP contribution in [0.2, 0.25) is 0 Å². The molecule has 1 amide bonds. The molecular weight excluding hydrogens is 364 g/mol. The number of aryl methyl sites for hydroxylation is 2. The molecule has 156 valence electrons. The Kier molecular flexibility index (Phi) is 7.17. The Balaban J connectivity index is 2.58. The molecule has 0 bridgehead atoms. The first-order chi connectivity index (χ1) is 13.5. The number of hydrogen-bond donors (Lipinski definition) is 1. The number of rotatable bonds is 6. The van der Waals surface area contributed by atoms with Crippen LogP contribution < -0.4 is 5.32 Å². The molecule has 0 unspecified atom stereocenters. The summed E-state index contributed by atoms with van der Waals surface area (Å²) in [4.78, 5) is 28.9. The zero-order chi connectivity index (χ0) is 21.8. The summed E-state index contributed by atoms with van der Waals surface area (Å²) in [5.41, 5.74) is 5.35. The lowest BCUT2D eigenvalue weighted by molar-refractivity contribution is 0.0523. The van der Waals surface area contributed by atoms with Crippen LogP contribution in [-0.4, -0.2) is 23.0 Å². The molecule has 0 atom stereocenters. The van der Waals surface area contributed by atoms with E-state index in [9.17, 15) is 9.59 Å². The molecule has 2 aromatic rings. The third-order valence-electron chi connectivity index (χ3n) is 4.48. The van der Waals surface area contributed by atoms with Gasteiger partial charge in [0, 0.05) is 34.6 Å². The van der Waals surface area contributed by atoms with E-state index in [1.807, 2.05) is 58.9 Å². The summed E-state index contributed by atoms with van der Waals surface area (Å²) in [5, 5.41) is 2.84. The summed E-state index contributed by atoms with van der Waals surface area (Å²) < 4.78 is 5.38. The number of benzene rings is 1. The number of alkyl carbamates (subject to hydrolysis) is 1. The van der Waals surface area contributed by atoms with E-state index in [1.165, 1.54) is 0 Å². The highest BCUT2D eigenvalue weighted by atomic mass is 16.6. The third kappa shape index (κ3) is 6.14. The van der Waals surface area contributed by atoms with Crippen LogP contribution in [0.5, 0.6) is 0 Å². The van der Waals surface area contributed by atoms with Gasteiger partial charge in [-0.15, -0.1) is 0 Å². The highest BCUT2D eigenvalue weighted by Crippen LogP contribution is 2.32. The Morgan fingerprint density at radius 2 is 1.79 bits per heavy atom. The van der Waals surface area contributed by atoms with Crippen LogP contribution in [0.15, 0.2) is 24.3 Å². The second kappa shape index (κ2) is 9.21. The second-order valence-corrected chi connectivity index (χ2v) is 8.85. The van der Waals surface area contributed by atoms with Gasteiger partial charge in [-0.25, -0.2) is 4.79 Å². The smallest absolute Gasteiger partial charge is 0.407 e. The Bertz CT molecular complexity index is 878. The van der Waals surface area contributed by atoms with E-state index in [4.69, 9.17) is 9.72 Å². The van der Waals surface area contributed by atoms with Gasteiger partial charge in [0.05, 0.1) is 0 Å². The van der Waals surface area contributed by atoms with E-state index in [0.717, 1.165) is 40.7 Å². The van der Waals surface area contributed by atoms with Crippen LogP contribution in [0, 0.1) is 19.8 Å². The molecule has 29 heavy (non-hydrogen) atoms. The van der Waals surface area contributed by atoms with E-state index in [1.54, 1.807) is 0 Å². The van der Waals surface area contributed by atoms with Gasteiger partial charge in [0.1, 0.15) is 5.60 Å². The first-order valence-electron chi connectivity index (χ1n) is 10.0. The largest absolute Gasteiger partial charge is 0.444 e. The molecule has 0 aliphatic carbocycles. The molecule has 0 spiro atoms. The SMILES string of the molecule is Cc1ccc(-c2c(C=O)c(C)nc(CC(C)C)c2CNC(=O)OC(C)(C)C)cc1. The number of hydrogen-bond acceptors (Lipinski definition) is 4. The maximum Gasteiger partial charge on any atom is 0.407 e. The minimum atomic E-state index is -0.579. The van der Waals surface area contributed by atoms with Crippen molar-refractivity contribution >= 4 is 12.4 Å². The highest BCUT2D eigenvalue weighted by Gasteiger charge is 2.22. The summed E-state index contributed by atoms with van der Waals surface area (Å²) in [6.45, 7) is 13.9. The summed E-state index contributed by atoms with van der Waals surface area (Å²) in [6, 6.07) is 8.06. The van der Waals surface area contributed by atoms with Gasteiger partial charge in [-0.05, 0) is 52.5 Å². The van der Waals surface area contributed by atoms with Crippen molar-refractivity contribution in [2.45, 2.75) is 67.0 Å². The molecule has 5 heteroatoms. The van der Waals surface area contributed by atoms with Gasteiger partial charge in [0.25, 0.3) is 0 Å². The van der Waals surface area contributed by atoms with Crippen LogP contribution >= 0.6 is 0 Å². The van der Waals surface area contributed by atoms with Crippen molar-refractivity contribution in [2.24, 2.45) is 5.92 Å². The molecule has 0 aliphatic rings. The van der Waals surface area contributed by atoms with E-state index in [-0.39, 0.29) is 6.54 Å². The van der Waals surface area contributed by atoms with Gasteiger partial charge >= 0.3 is 6.09 Å². The van der Waals surface area contributed by atoms with Gasteiger partial charge in [0.15, 0.2) is 6.29 Å². The molecule has 0 aliphatic heterocycles. The zero-order valence-electron chi connectivity index (χ0n) is 18.6. The molecule has 0 radical (unpaired) electrons.